The Morgan fingerprint density at radius 3 is 2.53 bits per heavy atom. The van der Waals surface area contributed by atoms with Crippen LogP contribution in [0.4, 0.5) is 0 Å². The van der Waals surface area contributed by atoms with Crippen molar-refractivity contribution in [2.75, 3.05) is 6.61 Å². The van der Waals surface area contributed by atoms with Crippen LogP contribution in [0.3, 0.4) is 0 Å². The molecule has 0 unspecified atom stereocenters. The van der Waals surface area contributed by atoms with Crippen molar-refractivity contribution in [1.29, 1.82) is 0 Å². The number of phenolic OH excluding ortho intramolecular Hbond substituents is 1. The fourth-order valence-corrected chi connectivity index (χ4v) is 1.40. The monoisotopic (exact) mass is 236 g/mol. The summed E-state index contributed by atoms with van der Waals surface area (Å²) in [6.07, 6.45) is 0. The van der Waals surface area contributed by atoms with Gasteiger partial charge in [0.15, 0.2) is 0 Å². The second-order valence-corrected chi connectivity index (χ2v) is 3.98. The normalized spacial score (nSPS) is 10.4. The molecule has 0 atom stereocenters. The molecule has 0 bridgehead atoms. The number of hydrogen-bond acceptors (Lipinski definition) is 4. The quantitative estimate of drug-likeness (QED) is 0.495. The molecule has 17 heavy (non-hydrogen) atoms. The summed E-state index contributed by atoms with van der Waals surface area (Å²) < 4.78 is 4.61. The predicted molar refractivity (Wildman–Crippen MR) is 63.2 cm³/mol. The van der Waals surface area contributed by atoms with Crippen LogP contribution in [-0.4, -0.2) is 23.5 Å². The van der Waals surface area contributed by atoms with Gasteiger partial charge in [-0.25, -0.2) is 4.79 Å². The molecule has 1 aromatic carbocycles. The molecule has 0 aliphatic heterocycles. The van der Waals surface area contributed by atoms with Crippen molar-refractivity contribution in [3.63, 3.8) is 0 Å². The highest BCUT2D eigenvalue weighted by Crippen LogP contribution is 2.23. The van der Waals surface area contributed by atoms with Gasteiger partial charge in [0, 0.05) is 0 Å². The van der Waals surface area contributed by atoms with Crippen LogP contribution >= 0.6 is 0 Å². The summed E-state index contributed by atoms with van der Waals surface area (Å²) in [5, 5.41) is 9.58. The maximum atomic E-state index is 11.7. The molecule has 1 rings (SSSR count). The van der Waals surface area contributed by atoms with Crippen molar-refractivity contribution < 1.29 is 19.4 Å². The standard InChI is InChI=1S/C13H16O4/c1-4-17-13(16)12(15)10-7-9(8(2)3)5-6-11(10)14/h5-8,14H,4H2,1-3H3. The van der Waals surface area contributed by atoms with E-state index in [1.54, 1.807) is 13.0 Å². The molecule has 0 aliphatic carbocycles. The lowest BCUT2D eigenvalue weighted by atomic mass is 9.98. The summed E-state index contributed by atoms with van der Waals surface area (Å²) in [6.45, 7) is 5.68. The number of carbonyl (C=O) groups is 2. The largest absolute Gasteiger partial charge is 0.507 e. The van der Waals surface area contributed by atoms with Gasteiger partial charge in [-0.2, -0.15) is 0 Å². The average Bonchev–Trinajstić information content (AvgIpc) is 2.28. The number of ether oxygens (including phenoxy) is 1. The zero-order valence-electron chi connectivity index (χ0n) is 10.2. The van der Waals surface area contributed by atoms with Crippen molar-refractivity contribution >= 4 is 11.8 Å². The topological polar surface area (TPSA) is 63.6 Å². The number of carbonyl (C=O) groups excluding carboxylic acids is 2. The smallest absolute Gasteiger partial charge is 0.379 e. The molecule has 4 nitrogen and oxygen atoms in total. The fourth-order valence-electron chi connectivity index (χ4n) is 1.40. The van der Waals surface area contributed by atoms with Crippen LogP contribution in [0.5, 0.6) is 5.75 Å². The Hall–Kier alpha value is -1.84. The molecule has 0 heterocycles. The first-order valence-electron chi connectivity index (χ1n) is 5.51. The van der Waals surface area contributed by atoms with Gasteiger partial charge < -0.3 is 9.84 Å². The van der Waals surface area contributed by atoms with Gasteiger partial charge in [-0.05, 0) is 30.5 Å². The molecule has 0 saturated carbocycles. The van der Waals surface area contributed by atoms with Crippen LogP contribution in [0.15, 0.2) is 18.2 Å². The molecule has 0 aliphatic rings. The van der Waals surface area contributed by atoms with E-state index < -0.39 is 11.8 Å². The molecule has 4 heteroatoms. The molecule has 1 N–H and O–H groups in total. The Morgan fingerprint density at radius 2 is 2.00 bits per heavy atom. The summed E-state index contributed by atoms with van der Waals surface area (Å²) in [7, 11) is 0. The molecular formula is C13H16O4. The number of rotatable bonds is 4. The van der Waals surface area contributed by atoms with E-state index in [0.717, 1.165) is 5.56 Å². The van der Waals surface area contributed by atoms with E-state index in [1.807, 2.05) is 13.8 Å². The minimum absolute atomic E-state index is 0.00495. The van der Waals surface area contributed by atoms with Crippen LogP contribution in [0.25, 0.3) is 0 Å². The molecule has 1 aromatic rings. The minimum atomic E-state index is -0.941. The Labute approximate surface area is 100 Å². The Kier molecular flexibility index (Phi) is 4.26. The number of hydrogen-bond donors (Lipinski definition) is 1. The highest BCUT2D eigenvalue weighted by molar-refractivity contribution is 6.41. The Morgan fingerprint density at radius 1 is 1.35 bits per heavy atom. The van der Waals surface area contributed by atoms with E-state index in [9.17, 15) is 14.7 Å². The van der Waals surface area contributed by atoms with E-state index in [-0.39, 0.29) is 23.8 Å². The molecule has 92 valence electrons. The highest BCUT2D eigenvalue weighted by atomic mass is 16.5. The van der Waals surface area contributed by atoms with Gasteiger partial charge in [0.05, 0.1) is 12.2 Å². The first kappa shape index (κ1) is 13.2. The zero-order chi connectivity index (χ0) is 13.0. The van der Waals surface area contributed by atoms with E-state index in [0.29, 0.717) is 0 Å². The second-order valence-electron chi connectivity index (χ2n) is 3.98. The maximum Gasteiger partial charge on any atom is 0.379 e. The van der Waals surface area contributed by atoms with Crippen LogP contribution < -0.4 is 0 Å². The zero-order valence-corrected chi connectivity index (χ0v) is 10.2. The fraction of sp³-hybridized carbons (Fsp3) is 0.385. The van der Waals surface area contributed by atoms with Gasteiger partial charge in [0.25, 0.3) is 5.78 Å². The van der Waals surface area contributed by atoms with Gasteiger partial charge in [0.2, 0.25) is 0 Å². The third kappa shape index (κ3) is 3.06. The van der Waals surface area contributed by atoms with Gasteiger partial charge in [-0.1, -0.05) is 19.9 Å². The van der Waals surface area contributed by atoms with Crippen LogP contribution in [0.1, 0.15) is 42.6 Å². The van der Waals surface area contributed by atoms with Crippen LogP contribution in [0.2, 0.25) is 0 Å². The number of benzene rings is 1. The summed E-state index contributed by atoms with van der Waals surface area (Å²) in [5.41, 5.74) is 0.880. The number of Topliss-reactive ketones (excluding diaryl/α,β-unsaturated/α-hetero) is 1. The van der Waals surface area contributed by atoms with Crippen LogP contribution in [-0.2, 0) is 9.53 Å². The molecule has 0 radical (unpaired) electrons. The van der Waals surface area contributed by atoms with Gasteiger partial charge >= 0.3 is 5.97 Å². The SMILES string of the molecule is CCOC(=O)C(=O)c1cc(C(C)C)ccc1O. The number of esters is 1. The van der Waals surface area contributed by atoms with Gasteiger partial charge in [-0.3, -0.25) is 4.79 Å². The van der Waals surface area contributed by atoms with Crippen molar-refractivity contribution in [2.24, 2.45) is 0 Å². The van der Waals surface area contributed by atoms with Gasteiger partial charge in [0.1, 0.15) is 5.75 Å². The first-order valence-corrected chi connectivity index (χ1v) is 5.51. The molecule has 0 fully saturated rings. The molecule has 0 spiro atoms. The number of ketones is 1. The van der Waals surface area contributed by atoms with E-state index >= 15 is 0 Å². The Balaban J connectivity index is 3.08. The Bertz CT molecular complexity index is 435. The summed E-state index contributed by atoms with van der Waals surface area (Å²) in [4.78, 5) is 23.0. The summed E-state index contributed by atoms with van der Waals surface area (Å²) in [5.74, 6) is -1.74. The van der Waals surface area contributed by atoms with E-state index in [4.69, 9.17) is 0 Å². The maximum absolute atomic E-state index is 11.7. The summed E-state index contributed by atoms with van der Waals surface area (Å²) >= 11 is 0. The number of phenols is 1. The third-order valence-corrected chi connectivity index (χ3v) is 2.39. The van der Waals surface area contributed by atoms with E-state index in [1.165, 1.54) is 12.1 Å². The lowest BCUT2D eigenvalue weighted by molar-refractivity contribution is -0.137. The first-order chi connectivity index (χ1) is 7.97. The third-order valence-electron chi connectivity index (χ3n) is 2.39. The molecule has 0 saturated heterocycles. The highest BCUT2D eigenvalue weighted by Gasteiger charge is 2.21. The number of aromatic hydroxyl groups is 1. The molecule has 0 amide bonds. The second kappa shape index (κ2) is 5.48. The van der Waals surface area contributed by atoms with E-state index in [2.05, 4.69) is 4.74 Å². The average molecular weight is 236 g/mol. The predicted octanol–water partition coefficient (Wildman–Crippen LogP) is 2.26. The molecule has 0 aromatic heterocycles. The lowest BCUT2D eigenvalue weighted by Crippen LogP contribution is -2.17. The van der Waals surface area contributed by atoms with Crippen molar-refractivity contribution in [3.8, 4) is 5.75 Å². The van der Waals surface area contributed by atoms with Crippen molar-refractivity contribution in [2.45, 2.75) is 26.7 Å². The minimum Gasteiger partial charge on any atom is -0.507 e. The van der Waals surface area contributed by atoms with Gasteiger partial charge in [-0.15, -0.1) is 0 Å². The lowest BCUT2D eigenvalue weighted by Gasteiger charge is -2.09. The molecular weight excluding hydrogens is 220 g/mol. The summed E-state index contributed by atoms with van der Waals surface area (Å²) in [6, 6.07) is 4.67. The van der Waals surface area contributed by atoms with Crippen molar-refractivity contribution in [1.82, 2.24) is 0 Å². The van der Waals surface area contributed by atoms with Crippen LogP contribution in [0, 0.1) is 0 Å². The van der Waals surface area contributed by atoms with Crippen molar-refractivity contribution in [3.05, 3.63) is 29.3 Å².